The van der Waals surface area contributed by atoms with Crippen molar-refractivity contribution in [2.75, 3.05) is 37.6 Å². The van der Waals surface area contributed by atoms with Gasteiger partial charge in [0.25, 0.3) is 0 Å². The third-order valence-electron chi connectivity index (χ3n) is 7.02. The fraction of sp³-hybridized carbons (Fsp3) is 0.538. The number of rotatable bonds is 6. The van der Waals surface area contributed by atoms with Crippen molar-refractivity contribution < 1.29 is 4.79 Å². The highest BCUT2D eigenvalue weighted by molar-refractivity contribution is 6.29. The number of carbonyl (C=O) groups is 1. The summed E-state index contributed by atoms with van der Waals surface area (Å²) in [6, 6.07) is 14.1. The average Bonchev–Trinajstić information content (AvgIpc) is 2.85. The molecule has 186 valence electrons. The van der Waals surface area contributed by atoms with Gasteiger partial charge in [-0.1, -0.05) is 41.9 Å². The molecule has 1 aromatic carbocycles. The van der Waals surface area contributed by atoms with E-state index in [9.17, 15) is 10.1 Å². The maximum atomic E-state index is 13.0. The van der Waals surface area contributed by atoms with Gasteiger partial charge in [-0.05, 0) is 57.7 Å². The summed E-state index contributed by atoms with van der Waals surface area (Å²) in [5, 5.41) is 12.6. The van der Waals surface area contributed by atoms with Gasteiger partial charge < -0.3 is 15.1 Å². The van der Waals surface area contributed by atoms with Crippen LogP contribution in [0.25, 0.3) is 0 Å². The Morgan fingerprint density at radius 3 is 2.49 bits per heavy atom. The molecule has 2 atom stereocenters. The van der Waals surface area contributed by atoms with Crippen LogP contribution in [0.2, 0.25) is 5.15 Å². The monoisotopic (exact) mass is 495 g/mol. The number of anilines is 1. The first-order valence-corrected chi connectivity index (χ1v) is 12.8. The summed E-state index contributed by atoms with van der Waals surface area (Å²) >= 11 is 6.06. The number of carbonyl (C=O) groups excluding carboxylic acids is 1. The van der Waals surface area contributed by atoms with Gasteiger partial charge in [-0.25, -0.2) is 14.8 Å². The number of urea groups is 1. The Morgan fingerprint density at radius 2 is 1.83 bits per heavy atom. The molecule has 4 rings (SSSR count). The number of nitriles is 1. The summed E-state index contributed by atoms with van der Waals surface area (Å²) in [5.74, 6) is 1.09. The van der Waals surface area contributed by atoms with Crippen molar-refractivity contribution in [3.05, 3.63) is 52.8 Å². The molecule has 1 N–H and O–H groups in total. The van der Waals surface area contributed by atoms with Gasteiger partial charge in [0.1, 0.15) is 16.9 Å². The highest BCUT2D eigenvalue weighted by Gasteiger charge is 2.34. The average molecular weight is 496 g/mol. The number of benzene rings is 1. The number of hydrogen-bond donors (Lipinski definition) is 1. The maximum Gasteiger partial charge on any atom is 0.318 e. The first-order chi connectivity index (χ1) is 16.9. The van der Waals surface area contributed by atoms with Crippen LogP contribution in [0.1, 0.15) is 44.4 Å². The molecule has 2 amide bonds. The van der Waals surface area contributed by atoms with Gasteiger partial charge in [0, 0.05) is 44.3 Å². The first-order valence-electron chi connectivity index (χ1n) is 12.4. The Hall–Kier alpha value is -2.89. The summed E-state index contributed by atoms with van der Waals surface area (Å²) in [7, 11) is 0. The van der Waals surface area contributed by atoms with Crippen LogP contribution in [0.5, 0.6) is 0 Å². The largest absolute Gasteiger partial charge is 0.338 e. The number of halogens is 1. The molecule has 0 aliphatic carbocycles. The van der Waals surface area contributed by atoms with E-state index in [1.165, 1.54) is 24.5 Å². The van der Waals surface area contributed by atoms with Crippen molar-refractivity contribution in [3.63, 3.8) is 0 Å². The van der Waals surface area contributed by atoms with Crippen LogP contribution < -0.4 is 10.2 Å². The van der Waals surface area contributed by atoms with Crippen LogP contribution in [0.4, 0.5) is 10.7 Å². The number of piperidine rings is 1. The van der Waals surface area contributed by atoms with E-state index in [1.54, 1.807) is 0 Å². The zero-order chi connectivity index (χ0) is 24.8. The smallest absolute Gasteiger partial charge is 0.318 e. The minimum atomic E-state index is -0.0203. The molecule has 2 aliphatic rings. The van der Waals surface area contributed by atoms with Crippen molar-refractivity contribution >= 4 is 23.6 Å². The molecule has 0 radical (unpaired) electrons. The fourth-order valence-electron chi connectivity index (χ4n) is 5.24. The van der Waals surface area contributed by atoms with E-state index < -0.39 is 0 Å². The van der Waals surface area contributed by atoms with Crippen LogP contribution in [0, 0.1) is 17.2 Å². The lowest BCUT2D eigenvalue weighted by molar-refractivity contribution is 0.139. The summed E-state index contributed by atoms with van der Waals surface area (Å²) in [5.41, 5.74) is 1.61. The van der Waals surface area contributed by atoms with Gasteiger partial charge in [0.2, 0.25) is 5.95 Å². The molecule has 8 nitrogen and oxygen atoms in total. The highest BCUT2D eigenvalue weighted by atomic mass is 35.5. The van der Waals surface area contributed by atoms with Crippen LogP contribution in [0.3, 0.4) is 0 Å². The van der Waals surface area contributed by atoms with Crippen LogP contribution in [-0.2, 0) is 6.54 Å². The molecule has 0 saturated carbocycles. The predicted octanol–water partition coefficient (Wildman–Crippen LogP) is 3.91. The second-order valence-corrected chi connectivity index (χ2v) is 10.1. The number of piperazine rings is 1. The van der Waals surface area contributed by atoms with Crippen LogP contribution in [0.15, 0.2) is 36.4 Å². The second kappa shape index (κ2) is 11.7. The molecule has 0 unspecified atom stereocenters. The topological polar surface area (TPSA) is 88.4 Å². The molecule has 0 spiro atoms. The van der Waals surface area contributed by atoms with E-state index in [-0.39, 0.29) is 29.0 Å². The number of nitrogens with zero attached hydrogens (tertiary/aromatic N) is 6. The molecular weight excluding hydrogens is 462 g/mol. The third kappa shape index (κ3) is 6.62. The van der Waals surface area contributed by atoms with E-state index in [2.05, 4.69) is 50.5 Å². The molecule has 2 aliphatic heterocycles. The Labute approximate surface area is 212 Å². The van der Waals surface area contributed by atoms with Crippen molar-refractivity contribution in [1.29, 1.82) is 5.26 Å². The minimum Gasteiger partial charge on any atom is -0.338 e. The van der Waals surface area contributed by atoms with Crippen molar-refractivity contribution in [2.24, 2.45) is 5.92 Å². The van der Waals surface area contributed by atoms with Crippen molar-refractivity contribution in [2.45, 2.75) is 51.7 Å². The number of amides is 2. The van der Waals surface area contributed by atoms with Crippen molar-refractivity contribution in [1.82, 2.24) is 25.1 Å². The van der Waals surface area contributed by atoms with Gasteiger partial charge >= 0.3 is 6.03 Å². The Morgan fingerprint density at radius 1 is 1.14 bits per heavy atom. The Kier molecular flexibility index (Phi) is 8.42. The molecular formula is C26H34ClN7O. The maximum absolute atomic E-state index is 13.0. The zero-order valence-corrected chi connectivity index (χ0v) is 21.3. The Bertz CT molecular complexity index is 1020. The number of aromatic nitrogens is 2. The first kappa shape index (κ1) is 25.2. The molecule has 35 heavy (non-hydrogen) atoms. The van der Waals surface area contributed by atoms with Gasteiger partial charge in [0.15, 0.2) is 0 Å². The van der Waals surface area contributed by atoms with Crippen LogP contribution >= 0.6 is 11.6 Å². The van der Waals surface area contributed by atoms with E-state index in [1.807, 2.05) is 29.7 Å². The summed E-state index contributed by atoms with van der Waals surface area (Å²) in [6.45, 7) is 9.17. The molecule has 2 saturated heterocycles. The quantitative estimate of drug-likeness (QED) is 0.611. The predicted molar refractivity (Wildman–Crippen MR) is 137 cm³/mol. The number of hydrogen-bond acceptors (Lipinski definition) is 6. The van der Waals surface area contributed by atoms with Crippen LogP contribution in [-0.4, -0.2) is 70.6 Å². The molecule has 2 aromatic rings. The molecule has 0 bridgehead atoms. The standard InChI is InChI=1S/C26H34ClN7O/c1-19-16-33(25-30-23(15-28)14-24(27)31-25)17-20(2)34(19)26(35)29-11-8-21-9-12-32(13-10-21)18-22-6-4-3-5-7-22/h3-7,14,19-21H,8-13,16-18H2,1-2H3,(H,29,35)/t19-,20+. The third-order valence-corrected chi connectivity index (χ3v) is 7.21. The van der Waals surface area contributed by atoms with Gasteiger partial charge in [0.05, 0.1) is 0 Å². The lowest BCUT2D eigenvalue weighted by atomic mass is 9.93. The molecule has 1 aromatic heterocycles. The second-order valence-electron chi connectivity index (χ2n) is 9.72. The number of likely N-dealkylation sites (tertiary alicyclic amines) is 1. The van der Waals surface area contributed by atoms with E-state index in [0.717, 1.165) is 26.1 Å². The van der Waals surface area contributed by atoms with E-state index in [0.29, 0.717) is 31.5 Å². The van der Waals surface area contributed by atoms with Gasteiger partial charge in [-0.15, -0.1) is 0 Å². The molecule has 2 fully saturated rings. The summed E-state index contributed by atoms with van der Waals surface area (Å²) < 4.78 is 0. The van der Waals surface area contributed by atoms with E-state index >= 15 is 0 Å². The lowest BCUT2D eigenvalue weighted by Gasteiger charge is -2.44. The molecule has 9 heteroatoms. The summed E-state index contributed by atoms with van der Waals surface area (Å²) in [6.07, 6.45) is 3.37. The zero-order valence-electron chi connectivity index (χ0n) is 20.5. The normalized spacial score (nSPS) is 21.5. The SMILES string of the molecule is C[C@@H]1CN(c2nc(Cl)cc(C#N)n2)C[C@H](C)N1C(=O)NCCC1CCN(Cc2ccccc2)CC1. The highest BCUT2D eigenvalue weighted by Crippen LogP contribution is 2.23. The van der Waals surface area contributed by atoms with E-state index in [4.69, 9.17) is 11.6 Å². The minimum absolute atomic E-state index is 0.0177. The van der Waals surface area contributed by atoms with Crippen molar-refractivity contribution in [3.8, 4) is 6.07 Å². The summed E-state index contributed by atoms with van der Waals surface area (Å²) in [4.78, 5) is 28.0. The van der Waals surface area contributed by atoms with Gasteiger partial charge in [-0.3, -0.25) is 4.90 Å². The Balaban J connectivity index is 1.21. The molecule has 3 heterocycles. The van der Waals surface area contributed by atoms with Gasteiger partial charge in [-0.2, -0.15) is 5.26 Å². The lowest BCUT2D eigenvalue weighted by Crippen LogP contribution is -2.61. The fourth-order valence-corrected chi connectivity index (χ4v) is 5.42. The number of nitrogens with one attached hydrogen (secondary N) is 1.